The van der Waals surface area contributed by atoms with Crippen molar-refractivity contribution in [2.24, 2.45) is 0 Å². The van der Waals surface area contributed by atoms with E-state index in [1.807, 2.05) is 55.5 Å². The second kappa shape index (κ2) is 7.09. The Labute approximate surface area is 165 Å². The molecule has 0 aliphatic rings. The van der Waals surface area contributed by atoms with Crippen molar-refractivity contribution < 1.29 is 9.53 Å². The number of nitrogens with zero attached hydrogens (tertiary/aromatic N) is 3. The predicted molar refractivity (Wildman–Crippen MR) is 107 cm³/mol. The van der Waals surface area contributed by atoms with E-state index in [1.165, 1.54) is 7.11 Å². The standard InChI is InChI=1S/C22H16N4O3/c1-13-8-10-14(11-9-13)17-16(12-23)21(27)26-20(18(17)22(28)29-2)24-19(25-26)15-6-4-3-5-7-15/h3-11H,1-2H3,(H,24,25). The summed E-state index contributed by atoms with van der Waals surface area (Å²) < 4.78 is 6.08. The molecule has 0 atom stereocenters. The maximum Gasteiger partial charge on any atom is 0.342 e. The van der Waals surface area contributed by atoms with Crippen LogP contribution < -0.4 is 5.56 Å². The van der Waals surface area contributed by atoms with E-state index in [9.17, 15) is 14.9 Å². The number of carbonyl (C=O) groups is 1. The first-order chi connectivity index (χ1) is 14.0. The van der Waals surface area contributed by atoms with E-state index in [0.29, 0.717) is 11.4 Å². The van der Waals surface area contributed by atoms with Crippen molar-refractivity contribution in [1.29, 1.82) is 5.26 Å². The Kier molecular flexibility index (Phi) is 4.45. The van der Waals surface area contributed by atoms with Gasteiger partial charge in [0.1, 0.15) is 17.2 Å². The Balaban J connectivity index is 2.14. The number of rotatable bonds is 3. The van der Waals surface area contributed by atoms with Crippen LogP contribution >= 0.6 is 0 Å². The number of esters is 1. The van der Waals surface area contributed by atoms with E-state index in [-0.39, 0.29) is 22.3 Å². The third-order valence-electron chi connectivity index (χ3n) is 4.68. The molecule has 0 spiro atoms. The lowest BCUT2D eigenvalue weighted by Gasteiger charge is -2.11. The van der Waals surface area contributed by atoms with Gasteiger partial charge in [-0.05, 0) is 12.5 Å². The molecule has 4 aromatic rings. The van der Waals surface area contributed by atoms with Crippen LogP contribution in [0.1, 0.15) is 21.5 Å². The highest BCUT2D eigenvalue weighted by molar-refractivity contribution is 6.04. The number of nitriles is 1. The van der Waals surface area contributed by atoms with Crippen LogP contribution in [0.3, 0.4) is 0 Å². The molecule has 29 heavy (non-hydrogen) atoms. The van der Waals surface area contributed by atoms with Gasteiger partial charge in [-0.25, -0.2) is 9.78 Å². The molecule has 7 nitrogen and oxygen atoms in total. The van der Waals surface area contributed by atoms with Crippen LogP contribution in [0.5, 0.6) is 0 Å². The molecule has 0 aliphatic heterocycles. The smallest absolute Gasteiger partial charge is 0.342 e. The van der Waals surface area contributed by atoms with Crippen molar-refractivity contribution in [2.45, 2.75) is 6.92 Å². The van der Waals surface area contributed by atoms with E-state index in [4.69, 9.17) is 4.74 Å². The SMILES string of the molecule is COC(=O)c1c(-c2ccc(C)cc2)c(C#N)c(=O)n2[nH]c(-c3ccccc3)nc12. The minimum atomic E-state index is -0.680. The first-order valence-corrected chi connectivity index (χ1v) is 8.84. The maximum absolute atomic E-state index is 13.0. The molecule has 2 aromatic heterocycles. The van der Waals surface area contributed by atoms with Gasteiger partial charge in [-0.2, -0.15) is 9.78 Å². The van der Waals surface area contributed by atoms with Crippen LogP contribution in [0.4, 0.5) is 0 Å². The topological polar surface area (TPSA) is 100 Å². The molecule has 0 aliphatic carbocycles. The number of hydrogen-bond acceptors (Lipinski definition) is 5. The van der Waals surface area contributed by atoms with E-state index in [1.54, 1.807) is 12.1 Å². The summed E-state index contributed by atoms with van der Waals surface area (Å²) in [5, 5.41) is 12.6. The third kappa shape index (κ3) is 2.97. The highest BCUT2D eigenvalue weighted by Crippen LogP contribution is 2.30. The van der Waals surface area contributed by atoms with Gasteiger partial charge in [-0.1, -0.05) is 60.2 Å². The molecule has 142 valence electrons. The van der Waals surface area contributed by atoms with Gasteiger partial charge in [0.05, 0.1) is 7.11 Å². The Morgan fingerprint density at radius 1 is 1.10 bits per heavy atom. The highest BCUT2D eigenvalue weighted by Gasteiger charge is 2.27. The van der Waals surface area contributed by atoms with Gasteiger partial charge < -0.3 is 4.74 Å². The number of benzene rings is 2. The zero-order valence-corrected chi connectivity index (χ0v) is 15.8. The Bertz CT molecular complexity index is 1330. The Morgan fingerprint density at radius 2 is 1.79 bits per heavy atom. The number of aryl methyl sites for hydroxylation is 1. The van der Waals surface area contributed by atoms with E-state index < -0.39 is 11.5 Å². The van der Waals surface area contributed by atoms with Crippen molar-refractivity contribution in [3.8, 4) is 28.6 Å². The summed E-state index contributed by atoms with van der Waals surface area (Å²) in [4.78, 5) is 30.2. The monoisotopic (exact) mass is 384 g/mol. The number of aromatic nitrogens is 3. The average Bonchev–Trinajstić information content (AvgIpc) is 3.20. The largest absolute Gasteiger partial charge is 0.465 e. The van der Waals surface area contributed by atoms with Gasteiger partial charge in [-0.15, -0.1) is 0 Å². The van der Waals surface area contributed by atoms with E-state index >= 15 is 0 Å². The second-order valence-electron chi connectivity index (χ2n) is 6.50. The molecular weight excluding hydrogens is 368 g/mol. The number of pyridine rings is 1. The number of aromatic amines is 1. The summed E-state index contributed by atoms with van der Waals surface area (Å²) in [7, 11) is 1.25. The lowest BCUT2D eigenvalue weighted by molar-refractivity contribution is 0.0603. The lowest BCUT2D eigenvalue weighted by Crippen LogP contribution is -2.22. The van der Waals surface area contributed by atoms with Gasteiger partial charge in [-0.3, -0.25) is 9.89 Å². The lowest BCUT2D eigenvalue weighted by atomic mass is 9.95. The van der Waals surface area contributed by atoms with E-state index in [0.717, 1.165) is 15.6 Å². The van der Waals surface area contributed by atoms with Gasteiger partial charge in [0.25, 0.3) is 5.56 Å². The average molecular weight is 384 g/mol. The van der Waals surface area contributed by atoms with Crippen LogP contribution in [0, 0.1) is 18.3 Å². The minimum Gasteiger partial charge on any atom is -0.465 e. The zero-order chi connectivity index (χ0) is 20.5. The van der Waals surface area contributed by atoms with Crippen molar-refractivity contribution in [3.05, 3.63) is 81.6 Å². The predicted octanol–water partition coefficient (Wildman–Crippen LogP) is 3.32. The molecular formula is C22H16N4O3. The number of ether oxygens (including phenoxy) is 1. The van der Waals surface area contributed by atoms with Crippen LogP contribution in [0.2, 0.25) is 0 Å². The molecule has 0 radical (unpaired) electrons. The molecule has 1 N–H and O–H groups in total. The molecule has 0 fully saturated rings. The van der Waals surface area contributed by atoms with E-state index in [2.05, 4.69) is 10.1 Å². The molecule has 2 heterocycles. The van der Waals surface area contributed by atoms with Crippen LogP contribution in [0.25, 0.3) is 28.2 Å². The summed E-state index contributed by atoms with van der Waals surface area (Å²) in [5.74, 6) is -0.279. The molecule has 0 saturated heterocycles. The summed E-state index contributed by atoms with van der Waals surface area (Å²) >= 11 is 0. The van der Waals surface area contributed by atoms with Crippen molar-refractivity contribution in [3.63, 3.8) is 0 Å². The molecule has 0 saturated carbocycles. The normalized spacial score (nSPS) is 10.7. The van der Waals surface area contributed by atoms with Crippen LogP contribution in [-0.2, 0) is 4.74 Å². The van der Waals surface area contributed by atoms with Crippen LogP contribution in [-0.4, -0.2) is 27.7 Å². The summed E-state index contributed by atoms with van der Waals surface area (Å²) in [6.45, 7) is 1.92. The van der Waals surface area contributed by atoms with Crippen molar-refractivity contribution >= 4 is 11.6 Å². The quantitative estimate of drug-likeness (QED) is 0.546. The second-order valence-corrected chi connectivity index (χ2v) is 6.50. The van der Waals surface area contributed by atoms with Crippen molar-refractivity contribution in [2.75, 3.05) is 7.11 Å². The fraction of sp³-hybridized carbons (Fsp3) is 0.0909. The summed E-state index contributed by atoms with van der Waals surface area (Å²) in [6.07, 6.45) is 0. The van der Waals surface area contributed by atoms with Gasteiger partial charge in [0, 0.05) is 11.1 Å². The molecule has 7 heteroatoms. The highest BCUT2D eigenvalue weighted by atomic mass is 16.5. The fourth-order valence-corrected chi connectivity index (χ4v) is 3.24. The minimum absolute atomic E-state index is 0.0611. The number of methoxy groups -OCH3 is 1. The summed E-state index contributed by atoms with van der Waals surface area (Å²) in [5.41, 5.74) is 1.96. The van der Waals surface area contributed by atoms with Gasteiger partial charge in [0.2, 0.25) is 0 Å². The third-order valence-corrected chi connectivity index (χ3v) is 4.68. The van der Waals surface area contributed by atoms with Crippen LogP contribution in [0.15, 0.2) is 59.4 Å². The Morgan fingerprint density at radius 3 is 2.41 bits per heavy atom. The van der Waals surface area contributed by atoms with Gasteiger partial charge >= 0.3 is 5.97 Å². The zero-order valence-electron chi connectivity index (χ0n) is 15.8. The number of H-pyrrole nitrogens is 1. The molecule has 2 aromatic carbocycles. The molecule has 0 bridgehead atoms. The number of fused-ring (bicyclic) bond motifs is 1. The number of hydrogen-bond donors (Lipinski definition) is 1. The number of nitrogens with one attached hydrogen (secondary N) is 1. The number of carbonyl (C=O) groups excluding carboxylic acids is 1. The Hall–Kier alpha value is -4.18. The molecule has 4 rings (SSSR count). The fourth-order valence-electron chi connectivity index (χ4n) is 3.24. The van der Waals surface area contributed by atoms with Crippen molar-refractivity contribution in [1.82, 2.24) is 14.6 Å². The molecule has 0 amide bonds. The molecule has 0 unspecified atom stereocenters. The maximum atomic E-state index is 13.0. The first kappa shape index (κ1) is 18.2. The summed E-state index contributed by atoms with van der Waals surface area (Å²) in [6, 6.07) is 18.4. The first-order valence-electron chi connectivity index (χ1n) is 8.84. The van der Waals surface area contributed by atoms with Gasteiger partial charge in [0.15, 0.2) is 11.5 Å².